The third-order valence-corrected chi connectivity index (χ3v) is 5.74. The lowest BCUT2D eigenvalue weighted by molar-refractivity contribution is -0.384. The van der Waals surface area contributed by atoms with Gasteiger partial charge in [0.2, 0.25) is 0 Å². The van der Waals surface area contributed by atoms with Crippen LogP contribution in [0.3, 0.4) is 0 Å². The standard InChI is InChI=1S/C22H23N5O4/c1-2-24-11-13-25(14-12-24)20-19(17-3-5-18(6-4-17)27(30)31)21(28)26(22(20)29)15-16-7-9-23-10-8-16/h3-10H,2,11-15H2,1H3. The van der Waals surface area contributed by atoms with Crippen molar-refractivity contribution < 1.29 is 14.5 Å². The lowest BCUT2D eigenvalue weighted by atomic mass is 10.0. The van der Waals surface area contributed by atoms with E-state index in [1.54, 1.807) is 24.5 Å². The predicted molar refractivity (Wildman–Crippen MR) is 113 cm³/mol. The number of hydrogen-bond donors (Lipinski definition) is 0. The number of imide groups is 1. The number of nitro benzene ring substituents is 1. The molecule has 2 aliphatic rings. The summed E-state index contributed by atoms with van der Waals surface area (Å²) in [6.07, 6.45) is 3.24. The van der Waals surface area contributed by atoms with E-state index in [1.165, 1.54) is 29.2 Å². The molecule has 2 amide bonds. The van der Waals surface area contributed by atoms with Gasteiger partial charge in [0.15, 0.2) is 0 Å². The summed E-state index contributed by atoms with van der Waals surface area (Å²) in [5.74, 6) is -0.719. The number of nitro groups is 1. The lowest BCUT2D eigenvalue weighted by Crippen LogP contribution is -2.47. The van der Waals surface area contributed by atoms with E-state index < -0.39 is 4.92 Å². The van der Waals surface area contributed by atoms with Crippen molar-refractivity contribution >= 4 is 23.1 Å². The molecule has 3 heterocycles. The molecule has 0 atom stereocenters. The highest BCUT2D eigenvalue weighted by atomic mass is 16.6. The lowest BCUT2D eigenvalue weighted by Gasteiger charge is -2.36. The summed E-state index contributed by atoms with van der Waals surface area (Å²) in [6, 6.07) is 9.33. The molecule has 0 unspecified atom stereocenters. The van der Waals surface area contributed by atoms with E-state index in [0.29, 0.717) is 29.9 Å². The Kier molecular flexibility index (Phi) is 5.77. The zero-order valence-corrected chi connectivity index (χ0v) is 17.2. The first-order chi connectivity index (χ1) is 15.0. The maximum atomic E-state index is 13.4. The molecule has 0 bridgehead atoms. The number of rotatable bonds is 6. The van der Waals surface area contributed by atoms with Crippen LogP contribution in [0.25, 0.3) is 5.57 Å². The van der Waals surface area contributed by atoms with Crippen LogP contribution < -0.4 is 0 Å². The van der Waals surface area contributed by atoms with Gasteiger partial charge in [0.05, 0.1) is 17.0 Å². The second kappa shape index (κ2) is 8.65. The fourth-order valence-corrected chi connectivity index (χ4v) is 3.97. The third kappa shape index (κ3) is 4.04. The van der Waals surface area contributed by atoms with Crippen LogP contribution in [0.5, 0.6) is 0 Å². The molecule has 0 radical (unpaired) electrons. The molecule has 0 saturated carbocycles. The highest BCUT2D eigenvalue weighted by Gasteiger charge is 2.42. The average Bonchev–Trinajstić information content (AvgIpc) is 3.04. The number of hydrogen-bond acceptors (Lipinski definition) is 7. The molecule has 1 saturated heterocycles. The Balaban J connectivity index is 1.71. The maximum absolute atomic E-state index is 13.4. The predicted octanol–water partition coefficient (Wildman–Crippen LogP) is 1.91. The van der Waals surface area contributed by atoms with Crippen LogP contribution in [-0.4, -0.2) is 69.1 Å². The number of pyridine rings is 1. The number of benzene rings is 1. The summed E-state index contributed by atoms with van der Waals surface area (Å²) in [5.41, 5.74) is 1.93. The largest absolute Gasteiger partial charge is 0.364 e. The number of carbonyl (C=O) groups excluding carboxylic acids is 2. The van der Waals surface area contributed by atoms with E-state index in [9.17, 15) is 19.7 Å². The van der Waals surface area contributed by atoms with Gasteiger partial charge in [-0.2, -0.15) is 0 Å². The van der Waals surface area contributed by atoms with Gasteiger partial charge in [0.25, 0.3) is 17.5 Å². The minimum absolute atomic E-state index is 0.0622. The molecule has 9 heteroatoms. The Morgan fingerprint density at radius 3 is 2.19 bits per heavy atom. The van der Waals surface area contributed by atoms with Gasteiger partial charge in [0, 0.05) is 50.7 Å². The van der Waals surface area contributed by atoms with Crippen LogP contribution in [0.2, 0.25) is 0 Å². The van der Waals surface area contributed by atoms with Gasteiger partial charge in [0.1, 0.15) is 5.70 Å². The number of non-ortho nitro benzene ring substituents is 1. The van der Waals surface area contributed by atoms with Crippen LogP contribution in [0.15, 0.2) is 54.5 Å². The Morgan fingerprint density at radius 2 is 1.61 bits per heavy atom. The van der Waals surface area contributed by atoms with Crippen molar-refractivity contribution in [3.63, 3.8) is 0 Å². The summed E-state index contributed by atoms with van der Waals surface area (Å²) >= 11 is 0. The average molecular weight is 421 g/mol. The van der Waals surface area contributed by atoms with Gasteiger partial charge in [-0.15, -0.1) is 0 Å². The highest BCUT2D eigenvalue weighted by Crippen LogP contribution is 2.33. The molecule has 9 nitrogen and oxygen atoms in total. The van der Waals surface area contributed by atoms with Crippen LogP contribution in [0.1, 0.15) is 18.1 Å². The van der Waals surface area contributed by atoms with Gasteiger partial charge in [-0.3, -0.25) is 29.6 Å². The first-order valence-corrected chi connectivity index (χ1v) is 10.2. The van der Waals surface area contributed by atoms with Crippen molar-refractivity contribution in [2.75, 3.05) is 32.7 Å². The van der Waals surface area contributed by atoms with E-state index in [0.717, 1.165) is 25.2 Å². The second-order valence-electron chi connectivity index (χ2n) is 7.50. The van der Waals surface area contributed by atoms with Crippen molar-refractivity contribution in [3.8, 4) is 0 Å². The second-order valence-corrected chi connectivity index (χ2v) is 7.50. The summed E-state index contributed by atoms with van der Waals surface area (Å²) in [5, 5.41) is 11.0. The van der Waals surface area contributed by atoms with Gasteiger partial charge >= 0.3 is 0 Å². The molecule has 1 aromatic heterocycles. The van der Waals surface area contributed by atoms with Gasteiger partial charge in [-0.1, -0.05) is 6.92 Å². The van der Waals surface area contributed by atoms with E-state index in [1.807, 2.05) is 4.90 Å². The first kappa shape index (κ1) is 20.7. The van der Waals surface area contributed by atoms with Crippen LogP contribution >= 0.6 is 0 Å². The Morgan fingerprint density at radius 1 is 0.968 bits per heavy atom. The molecule has 1 aromatic carbocycles. The fraction of sp³-hybridized carbons (Fsp3) is 0.318. The summed E-state index contributed by atoms with van der Waals surface area (Å²) in [6.45, 7) is 6.07. The minimum atomic E-state index is -0.486. The molecular weight excluding hydrogens is 398 g/mol. The summed E-state index contributed by atoms with van der Waals surface area (Å²) < 4.78 is 0. The molecular formula is C22H23N5O4. The van der Waals surface area contributed by atoms with E-state index in [2.05, 4.69) is 16.8 Å². The zero-order chi connectivity index (χ0) is 22.0. The number of carbonyl (C=O) groups is 2. The molecule has 0 aliphatic carbocycles. The monoisotopic (exact) mass is 421 g/mol. The number of aromatic nitrogens is 1. The Hall–Kier alpha value is -3.59. The normalized spacial score (nSPS) is 17.6. The quantitative estimate of drug-likeness (QED) is 0.399. The van der Waals surface area contributed by atoms with Crippen LogP contribution in [-0.2, 0) is 16.1 Å². The highest BCUT2D eigenvalue weighted by molar-refractivity contribution is 6.35. The minimum Gasteiger partial charge on any atom is -0.364 e. The maximum Gasteiger partial charge on any atom is 0.278 e. The number of amides is 2. The zero-order valence-electron chi connectivity index (χ0n) is 17.2. The summed E-state index contributed by atoms with van der Waals surface area (Å²) in [4.78, 5) is 46.8. The fourth-order valence-electron chi connectivity index (χ4n) is 3.97. The Labute approximate surface area is 179 Å². The van der Waals surface area contributed by atoms with E-state index in [4.69, 9.17) is 0 Å². The van der Waals surface area contributed by atoms with Gasteiger partial charge in [-0.05, 0) is 41.9 Å². The molecule has 0 spiro atoms. The van der Waals surface area contributed by atoms with Crippen LogP contribution in [0, 0.1) is 10.1 Å². The van der Waals surface area contributed by atoms with Crippen LogP contribution in [0.4, 0.5) is 5.69 Å². The smallest absolute Gasteiger partial charge is 0.278 e. The molecule has 2 aliphatic heterocycles. The van der Waals surface area contributed by atoms with Gasteiger partial charge in [-0.25, -0.2) is 0 Å². The van der Waals surface area contributed by atoms with Gasteiger partial charge < -0.3 is 9.80 Å². The number of piperazine rings is 1. The van der Waals surface area contributed by atoms with Crippen molar-refractivity contribution in [3.05, 3.63) is 75.7 Å². The SMILES string of the molecule is CCN1CCN(C2=C(c3ccc([N+](=O)[O-])cc3)C(=O)N(Cc3ccncc3)C2=O)CC1. The topological polar surface area (TPSA) is 99.9 Å². The molecule has 4 rings (SSSR count). The molecule has 2 aromatic rings. The molecule has 1 fully saturated rings. The van der Waals surface area contributed by atoms with E-state index >= 15 is 0 Å². The molecule has 0 N–H and O–H groups in total. The van der Waals surface area contributed by atoms with Crippen molar-refractivity contribution in [2.24, 2.45) is 0 Å². The Bertz CT molecular complexity index is 1030. The first-order valence-electron chi connectivity index (χ1n) is 10.2. The summed E-state index contributed by atoms with van der Waals surface area (Å²) in [7, 11) is 0. The third-order valence-electron chi connectivity index (χ3n) is 5.74. The number of nitrogens with zero attached hydrogens (tertiary/aromatic N) is 5. The van der Waals surface area contributed by atoms with Crippen molar-refractivity contribution in [2.45, 2.75) is 13.5 Å². The van der Waals surface area contributed by atoms with Crippen molar-refractivity contribution in [1.29, 1.82) is 0 Å². The molecule has 31 heavy (non-hydrogen) atoms. The van der Waals surface area contributed by atoms with Crippen molar-refractivity contribution in [1.82, 2.24) is 19.7 Å². The van der Waals surface area contributed by atoms with E-state index in [-0.39, 0.29) is 24.0 Å². The molecule has 160 valence electrons. The number of likely N-dealkylation sites (N-methyl/N-ethyl adjacent to an activating group) is 1.